The summed E-state index contributed by atoms with van der Waals surface area (Å²) < 4.78 is 101. The number of rotatable bonds is 16. The fraction of sp³-hybridized carbons (Fsp3) is 0.0204. The molecule has 24 nitrogen and oxygen atoms in total. The van der Waals surface area contributed by atoms with Crippen LogP contribution >= 0.6 is 34.5 Å². The number of nitrogens with zero attached hydrogens (tertiary/aromatic N) is 10. The monoisotopic (exact) mass is 1170 g/mol. The Kier molecular flexibility index (Phi) is 15.3. The standard InChI is InChI=1S/C49H32Cl2N14O10S4/c1-25-36(23-52)43(55-32-18-19-38(51)40(22-32)79(73,74)75)58-44(54-29-16-11-28(50)12-17-29)42(25)63-64-45-37(24-53)41(46(76-45)65-62-33-15-8-26-4-2-7-39(35(26)21-33)78(70,71)72)27-9-13-30(14-10-27)56-47-59-48(61-49(66)60-47)57-31-5-3-6-34(20-31)77(67,68)69/h2-22H,1H3,(H2,54,55,58)(H,67,68,69)(H,70,71,72)(H,73,74,75)(H3,56,57,59,60,61,66). The Morgan fingerprint density at radius 1 is 0.570 bits per heavy atom. The van der Waals surface area contributed by atoms with E-state index in [1.807, 2.05) is 0 Å². The second-order valence-corrected chi connectivity index (χ2v) is 22.4. The number of aromatic nitrogens is 4. The highest BCUT2D eigenvalue weighted by Gasteiger charge is 2.24. The lowest BCUT2D eigenvalue weighted by Gasteiger charge is -2.16. The number of pyridine rings is 1. The predicted molar refractivity (Wildman–Crippen MR) is 294 cm³/mol. The first-order valence-electron chi connectivity index (χ1n) is 22.1. The second kappa shape index (κ2) is 22.1. The van der Waals surface area contributed by atoms with Crippen LogP contribution in [0.2, 0.25) is 10.0 Å². The maximum Gasteiger partial charge on any atom is 0.320 e. The van der Waals surface area contributed by atoms with E-state index in [-0.39, 0.29) is 93.8 Å². The van der Waals surface area contributed by atoms with E-state index < -0.39 is 46.2 Å². The van der Waals surface area contributed by atoms with Gasteiger partial charge in [0.1, 0.15) is 38.2 Å². The number of azo groups is 2. The van der Waals surface area contributed by atoms with Crippen LogP contribution in [0.25, 0.3) is 21.9 Å². The van der Waals surface area contributed by atoms with Crippen LogP contribution in [0, 0.1) is 29.6 Å². The van der Waals surface area contributed by atoms with Crippen LogP contribution in [0.4, 0.5) is 67.7 Å². The molecule has 3 heterocycles. The summed E-state index contributed by atoms with van der Waals surface area (Å²) in [5, 5.41) is 62.3. The molecule has 396 valence electrons. The van der Waals surface area contributed by atoms with Crippen molar-refractivity contribution in [3.63, 3.8) is 0 Å². The highest BCUT2D eigenvalue weighted by atomic mass is 35.5. The summed E-state index contributed by atoms with van der Waals surface area (Å²) in [6, 6.07) is 34.1. The molecule has 0 bridgehead atoms. The number of anilines is 8. The molecule has 3 aromatic heterocycles. The number of thiophene rings is 1. The maximum absolute atomic E-state index is 12.3. The zero-order valence-electron chi connectivity index (χ0n) is 39.7. The number of hydrogen-bond acceptors (Lipinski definition) is 22. The first-order chi connectivity index (χ1) is 37.5. The van der Waals surface area contributed by atoms with Crippen molar-refractivity contribution in [3.05, 3.63) is 154 Å². The Bertz CT molecular complexity index is 4440. The molecule has 0 fully saturated rings. The third-order valence-corrected chi connectivity index (χ3v) is 15.4. The Morgan fingerprint density at radius 3 is 1.85 bits per heavy atom. The number of hydrogen-bond donors (Lipinski definition) is 8. The Hall–Kier alpha value is -9.07. The van der Waals surface area contributed by atoms with Crippen LogP contribution in [0.5, 0.6) is 6.01 Å². The molecule has 0 radical (unpaired) electrons. The molecule has 9 rings (SSSR count). The van der Waals surface area contributed by atoms with Crippen LogP contribution < -0.4 is 21.3 Å². The number of aromatic hydroxyl groups is 1. The molecule has 0 aliphatic heterocycles. The van der Waals surface area contributed by atoms with Gasteiger partial charge < -0.3 is 26.4 Å². The van der Waals surface area contributed by atoms with Gasteiger partial charge in [0, 0.05) is 44.3 Å². The minimum Gasteiger partial charge on any atom is -0.479 e. The first kappa shape index (κ1) is 54.7. The van der Waals surface area contributed by atoms with E-state index in [2.05, 4.69) is 73.8 Å². The highest BCUT2D eigenvalue weighted by Crippen LogP contribution is 2.49. The number of nitriles is 2. The summed E-state index contributed by atoms with van der Waals surface area (Å²) in [6.45, 7) is 1.55. The van der Waals surface area contributed by atoms with Gasteiger partial charge in [0.2, 0.25) is 11.9 Å². The van der Waals surface area contributed by atoms with Gasteiger partial charge in [-0.25, -0.2) is 4.98 Å². The lowest BCUT2D eigenvalue weighted by atomic mass is 10.0. The first-order valence-corrected chi connectivity index (χ1v) is 28.0. The molecule has 0 aliphatic rings. The average Bonchev–Trinajstić information content (AvgIpc) is 4.00. The van der Waals surface area contributed by atoms with E-state index in [4.69, 9.17) is 23.2 Å². The zero-order valence-corrected chi connectivity index (χ0v) is 44.5. The van der Waals surface area contributed by atoms with Gasteiger partial charge in [-0.3, -0.25) is 13.7 Å². The van der Waals surface area contributed by atoms with Crippen LogP contribution in [0.1, 0.15) is 16.7 Å². The van der Waals surface area contributed by atoms with Gasteiger partial charge in [-0.2, -0.15) is 50.7 Å². The maximum atomic E-state index is 12.3. The quantitative estimate of drug-likeness (QED) is 0.0329. The number of nitrogens with one attached hydrogen (secondary N) is 4. The molecule has 0 spiro atoms. The summed E-state index contributed by atoms with van der Waals surface area (Å²) in [5.41, 5.74) is 1.97. The minimum atomic E-state index is -4.76. The number of fused-ring (bicyclic) bond motifs is 1. The Labute approximate surface area is 461 Å². The summed E-state index contributed by atoms with van der Waals surface area (Å²) in [4.78, 5) is 15.3. The Morgan fingerprint density at radius 2 is 1.18 bits per heavy atom. The molecular weight excluding hydrogens is 1140 g/mol. The van der Waals surface area contributed by atoms with Crippen molar-refractivity contribution in [2.75, 3.05) is 21.3 Å². The molecule has 6 aromatic carbocycles. The zero-order chi connectivity index (χ0) is 56.4. The molecule has 8 N–H and O–H groups in total. The predicted octanol–water partition coefficient (Wildman–Crippen LogP) is 12.8. The van der Waals surface area contributed by atoms with Crippen LogP contribution in [0.3, 0.4) is 0 Å². The summed E-state index contributed by atoms with van der Waals surface area (Å²) >= 11 is 13.1. The van der Waals surface area contributed by atoms with Gasteiger partial charge >= 0.3 is 6.01 Å². The normalized spacial score (nSPS) is 11.9. The van der Waals surface area contributed by atoms with E-state index in [9.17, 15) is 54.5 Å². The SMILES string of the molecule is Cc1c(C#N)c(Nc2ccc(Cl)c(S(=O)(=O)O)c2)nc(Nc2ccc(Cl)cc2)c1N=Nc1sc(N=Nc2ccc3cccc(S(=O)(=O)O)c3c2)c(-c2ccc(Nc3nc(O)nc(Nc4cccc(S(=O)(=O)O)c4)n3)cc2)c1C#N. The highest BCUT2D eigenvalue weighted by molar-refractivity contribution is 7.86. The van der Waals surface area contributed by atoms with E-state index in [1.165, 1.54) is 48.5 Å². The van der Waals surface area contributed by atoms with Gasteiger partial charge in [0.05, 0.1) is 21.2 Å². The van der Waals surface area contributed by atoms with Crippen molar-refractivity contribution >= 4 is 143 Å². The van der Waals surface area contributed by atoms with Crippen LogP contribution in [0.15, 0.2) is 163 Å². The summed E-state index contributed by atoms with van der Waals surface area (Å²) in [5.74, 6) is -0.394. The van der Waals surface area contributed by atoms with Crippen molar-refractivity contribution in [2.24, 2.45) is 20.5 Å². The van der Waals surface area contributed by atoms with Crippen molar-refractivity contribution in [1.82, 2.24) is 19.9 Å². The van der Waals surface area contributed by atoms with Gasteiger partial charge in [-0.15, -0.1) is 20.5 Å². The van der Waals surface area contributed by atoms with E-state index in [0.717, 1.165) is 23.5 Å². The van der Waals surface area contributed by atoms with E-state index >= 15 is 0 Å². The molecule has 79 heavy (non-hydrogen) atoms. The number of benzene rings is 6. The van der Waals surface area contributed by atoms with Gasteiger partial charge in [0.15, 0.2) is 16.6 Å². The van der Waals surface area contributed by atoms with Gasteiger partial charge in [0.25, 0.3) is 30.4 Å². The molecule has 30 heteroatoms. The number of halogens is 2. The van der Waals surface area contributed by atoms with Crippen molar-refractivity contribution in [3.8, 4) is 29.3 Å². The fourth-order valence-electron chi connectivity index (χ4n) is 7.54. The van der Waals surface area contributed by atoms with Crippen molar-refractivity contribution < 1.29 is 44.0 Å². The minimum absolute atomic E-state index is 0.0000895. The smallest absolute Gasteiger partial charge is 0.320 e. The summed E-state index contributed by atoms with van der Waals surface area (Å²) in [7, 11) is -13.9. The van der Waals surface area contributed by atoms with E-state index in [1.54, 1.807) is 73.7 Å². The summed E-state index contributed by atoms with van der Waals surface area (Å²) in [6.07, 6.45) is 0. The third-order valence-electron chi connectivity index (χ3n) is 11.1. The molecule has 0 unspecified atom stereocenters. The molecular formula is C49H32Cl2N14O10S4. The topological polar surface area (TPSA) is 380 Å². The third kappa shape index (κ3) is 12.5. The molecule has 0 atom stereocenters. The van der Waals surface area contributed by atoms with Gasteiger partial charge in [-0.05, 0) is 109 Å². The van der Waals surface area contributed by atoms with Gasteiger partial charge in [-0.1, -0.05) is 70.9 Å². The second-order valence-electron chi connectivity index (χ2n) is 16.4. The molecule has 0 amide bonds. The fourth-order valence-corrected chi connectivity index (χ4v) is 10.8. The molecule has 0 aliphatic carbocycles. The van der Waals surface area contributed by atoms with Crippen LogP contribution in [-0.2, 0) is 30.4 Å². The van der Waals surface area contributed by atoms with Crippen molar-refractivity contribution in [1.29, 1.82) is 10.5 Å². The van der Waals surface area contributed by atoms with Crippen molar-refractivity contribution in [2.45, 2.75) is 21.6 Å². The van der Waals surface area contributed by atoms with Crippen LogP contribution in [-0.4, -0.2) is 64.0 Å². The lowest BCUT2D eigenvalue weighted by molar-refractivity contribution is 0.430. The molecule has 9 aromatic rings. The molecule has 0 saturated carbocycles. The Balaban J connectivity index is 1.12. The largest absolute Gasteiger partial charge is 0.479 e. The average molecular weight is 1180 g/mol. The molecule has 0 saturated heterocycles. The lowest BCUT2D eigenvalue weighted by Crippen LogP contribution is -2.05. The van der Waals surface area contributed by atoms with E-state index in [0.29, 0.717) is 27.3 Å².